The molecule has 0 aliphatic carbocycles. The molecule has 0 atom stereocenters. The smallest absolute Gasteiger partial charge is 0.118 e. The Bertz CT molecular complexity index is 1560. The molecule has 0 saturated heterocycles. The molecule has 2 aliphatic rings. The summed E-state index contributed by atoms with van der Waals surface area (Å²) < 4.78 is 5.32. The molecule has 5 nitrogen and oxygen atoms in total. The van der Waals surface area contributed by atoms with Crippen LogP contribution in [0.2, 0.25) is 0 Å². The van der Waals surface area contributed by atoms with Gasteiger partial charge in [-0.2, -0.15) is 0 Å². The van der Waals surface area contributed by atoms with Gasteiger partial charge in [0.25, 0.3) is 0 Å². The molecule has 2 N–H and O–H groups in total. The third-order valence-corrected chi connectivity index (χ3v) is 5.57. The molecular weight excluding hydrogens is 452 g/mol. The third kappa shape index (κ3) is 4.27. The van der Waals surface area contributed by atoms with Crippen molar-refractivity contribution in [3.05, 3.63) is 101 Å². The number of benzene rings is 1. The summed E-state index contributed by atoms with van der Waals surface area (Å²) in [5, 5.41) is 0. The Kier molecular flexibility index (Phi) is 5.46. The van der Waals surface area contributed by atoms with Gasteiger partial charge in [0, 0.05) is 44.7 Å². The molecule has 6 heteroatoms. The Morgan fingerprint density at radius 3 is 1.85 bits per heavy atom. The van der Waals surface area contributed by atoms with Crippen molar-refractivity contribution < 1.29 is 21.8 Å². The van der Waals surface area contributed by atoms with E-state index in [0.717, 1.165) is 61.7 Å². The zero-order chi connectivity index (χ0) is 21.5. The van der Waals surface area contributed by atoms with Gasteiger partial charge < -0.3 is 14.7 Å². The second-order valence-corrected chi connectivity index (χ2v) is 7.82. The summed E-state index contributed by atoms with van der Waals surface area (Å²) in [7, 11) is 1.67. The molecule has 2 aliphatic heterocycles. The summed E-state index contributed by atoms with van der Waals surface area (Å²) in [6.45, 7) is 0. The molecule has 0 spiro atoms. The molecule has 162 valence electrons. The first-order valence-electron chi connectivity index (χ1n) is 10.4. The molecule has 5 heterocycles. The van der Waals surface area contributed by atoms with Gasteiger partial charge in [0.15, 0.2) is 0 Å². The van der Waals surface area contributed by atoms with Crippen LogP contribution in [0.3, 0.4) is 0 Å². The van der Waals surface area contributed by atoms with E-state index in [0.29, 0.717) is 0 Å². The topological polar surface area (TPSA) is 66.6 Å². The average Bonchev–Trinajstić information content (AvgIpc) is 3.59. The van der Waals surface area contributed by atoms with E-state index in [1.54, 1.807) is 7.11 Å². The van der Waals surface area contributed by atoms with Crippen LogP contribution in [0.15, 0.2) is 72.8 Å². The molecule has 33 heavy (non-hydrogen) atoms. The van der Waals surface area contributed by atoms with Crippen LogP contribution in [0.1, 0.15) is 28.3 Å². The van der Waals surface area contributed by atoms with Crippen molar-refractivity contribution in [1.82, 2.24) is 19.9 Å². The van der Waals surface area contributed by atoms with Gasteiger partial charge in [-0.15, -0.1) is 0 Å². The van der Waals surface area contributed by atoms with Crippen LogP contribution < -0.4 is 4.74 Å². The summed E-state index contributed by atoms with van der Waals surface area (Å²) in [4.78, 5) is 16.5. The number of rotatable bonds is 2. The van der Waals surface area contributed by atoms with Crippen LogP contribution in [0.25, 0.3) is 45.9 Å². The zero-order valence-corrected chi connectivity index (χ0v) is 18.9. The van der Waals surface area contributed by atoms with E-state index < -0.39 is 0 Å². The maximum Gasteiger partial charge on any atom is 0.118 e. The largest absolute Gasteiger partial charge is 0.497 e. The van der Waals surface area contributed by atoms with E-state index in [2.05, 4.69) is 64.6 Å². The molecule has 6 rings (SSSR count). The van der Waals surface area contributed by atoms with E-state index in [1.807, 2.05) is 36.4 Å². The fourth-order valence-corrected chi connectivity index (χ4v) is 4.02. The summed E-state index contributed by atoms with van der Waals surface area (Å²) >= 11 is 0. The predicted octanol–water partition coefficient (Wildman–Crippen LogP) is 6.08. The van der Waals surface area contributed by atoms with Gasteiger partial charge in [-0.25, -0.2) is 9.97 Å². The number of H-pyrrole nitrogens is 2. The van der Waals surface area contributed by atoms with Gasteiger partial charge in [-0.3, -0.25) is 0 Å². The van der Waals surface area contributed by atoms with Crippen molar-refractivity contribution in [1.29, 1.82) is 0 Å². The average molecular weight is 472 g/mol. The van der Waals surface area contributed by atoms with E-state index in [9.17, 15) is 0 Å². The first kappa shape index (κ1) is 21.0. The summed E-state index contributed by atoms with van der Waals surface area (Å²) in [6, 6.07) is 24.5. The monoisotopic (exact) mass is 472 g/mol. The number of fused-ring (bicyclic) bond motifs is 8. The minimum absolute atomic E-state index is 0. The minimum Gasteiger partial charge on any atom is -0.497 e. The molecule has 0 radical (unpaired) electrons. The molecule has 0 unspecified atom stereocenters. The zero-order valence-electron chi connectivity index (χ0n) is 17.8. The Hall–Kier alpha value is -3.86. The van der Waals surface area contributed by atoms with Gasteiger partial charge in [0.05, 0.1) is 29.9 Å². The van der Waals surface area contributed by atoms with Crippen LogP contribution >= 0.6 is 0 Å². The molecule has 0 fully saturated rings. The molecular formula is C27H20FeN4O. The van der Waals surface area contributed by atoms with Crippen molar-refractivity contribution >= 4 is 45.9 Å². The summed E-state index contributed by atoms with van der Waals surface area (Å²) in [5.41, 5.74) is 9.78. The van der Waals surface area contributed by atoms with E-state index >= 15 is 0 Å². The number of aromatic nitrogens is 4. The summed E-state index contributed by atoms with van der Waals surface area (Å²) in [6.07, 6.45) is 6.16. The standard InChI is InChI=1S/C27H20N4O.Fe/c1-32-25-10-2-17(3-11-25)26-15-24-14-22-7-6-20(29-22)12-18-4-5-19(28-18)13-21-8-9-23(30-21)16-27(26)31-24;/h2-16,28-29H,1H3;. The number of nitrogens with zero attached hydrogens (tertiary/aromatic N) is 2. The maximum atomic E-state index is 5.32. The molecule has 0 saturated carbocycles. The maximum absolute atomic E-state index is 5.32. The number of ether oxygens (including phenoxy) is 1. The minimum atomic E-state index is 0. The molecule has 1 aromatic carbocycles. The second-order valence-electron chi connectivity index (χ2n) is 7.82. The van der Waals surface area contributed by atoms with Crippen LogP contribution in [0, 0.1) is 0 Å². The molecule has 3 aromatic heterocycles. The Labute approximate surface area is 201 Å². The van der Waals surface area contributed by atoms with Crippen molar-refractivity contribution in [3.63, 3.8) is 0 Å². The van der Waals surface area contributed by atoms with Crippen molar-refractivity contribution in [3.8, 4) is 5.75 Å². The predicted molar refractivity (Wildman–Crippen MR) is 130 cm³/mol. The first-order chi connectivity index (χ1) is 15.7. The van der Waals surface area contributed by atoms with Crippen LogP contribution in [0.5, 0.6) is 5.75 Å². The van der Waals surface area contributed by atoms with Gasteiger partial charge in [0.1, 0.15) is 5.75 Å². The molecule has 0 amide bonds. The van der Waals surface area contributed by atoms with Gasteiger partial charge >= 0.3 is 0 Å². The quantitative estimate of drug-likeness (QED) is 0.300. The Balaban J connectivity index is 0.00000228. The fraction of sp³-hybridized carbons (Fsp3) is 0.0370. The first-order valence-corrected chi connectivity index (χ1v) is 10.4. The van der Waals surface area contributed by atoms with Crippen LogP contribution in [-0.4, -0.2) is 27.0 Å². The molecule has 8 bridgehead atoms. The number of hydrogen-bond acceptors (Lipinski definition) is 3. The SMILES string of the molecule is COc1ccc(C2=Cc3cc4ccc(cc5ccc(cc6nc(cc2n3)C=C6)[nH]5)[nH]4)cc1.[Fe]. The number of hydrogen-bond donors (Lipinski definition) is 2. The summed E-state index contributed by atoms with van der Waals surface area (Å²) in [5.74, 6) is 0.830. The van der Waals surface area contributed by atoms with Gasteiger partial charge in [0.2, 0.25) is 0 Å². The van der Waals surface area contributed by atoms with Gasteiger partial charge in [-0.1, -0.05) is 12.1 Å². The second kappa shape index (κ2) is 8.58. The van der Waals surface area contributed by atoms with Gasteiger partial charge in [-0.05, 0) is 84.5 Å². The molecule has 4 aromatic rings. The van der Waals surface area contributed by atoms with Crippen molar-refractivity contribution in [2.24, 2.45) is 0 Å². The number of methoxy groups -OCH3 is 1. The number of nitrogens with one attached hydrogen (secondary N) is 2. The van der Waals surface area contributed by atoms with E-state index in [4.69, 9.17) is 14.7 Å². The third-order valence-electron chi connectivity index (χ3n) is 5.57. The Morgan fingerprint density at radius 2 is 1.21 bits per heavy atom. The van der Waals surface area contributed by atoms with E-state index in [-0.39, 0.29) is 17.1 Å². The Morgan fingerprint density at radius 1 is 0.636 bits per heavy atom. The normalized spacial score (nSPS) is 12.2. The fourth-order valence-electron chi connectivity index (χ4n) is 4.02. The van der Waals surface area contributed by atoms with Crippen molar-refractivity contribution in [2.75, 3.05) is 7.11 Å². The van der Waals surface area contributed by atoms with Crippen LogP contribution in [-0.2, 0) is 17.1 Å². The number of aromatic amines is 2. The van der Waals surface area contributed by atoms with Crippen molar-refractivity contribution in [2.45, 2.75) is 0 Å². The van der Waals surface area contributed by atoms with Crippen LogP contribution in [0.4, 0.5) is 0 Å². The van der Waals surface area contributed by atoms with E-state index in [1.165, 1.54) is 0 Å².